The largest absolute Gasteiger partial charge is 0.507 e. The Labute approximate surface area is 187 Å². The van der Waals surface area contributed by atoms with Crippen LogP contribution in [0.25, 0.3) is 0 Å². The third-order valence-electron chi connectivity index (χ3n) is 6.65. The Morgan fingerprint density at radius 3 is 1.90 bits per heavy atom. The molecule has 0 spiro atoms. The van der Waals surface area contributed by atoms with Gasteiger partial charge in [-0.1, -0.05) is 85.5 Å². The van der Waals surface area contributed by atoms with E-state index in [0.717, 1.165) is 41.2 Å². The van der Waals surface area contributed by atoms with Gasteiger partial charge in [0.2, 0.25) is 0 Å². The van der Waals surface area contributed by atoms with Crippen molar-refractivity contribution in [1.29, 1.82) is 0 Å². The molecule has 0 radical (unpaired) electrons. The van der Waals surface area contributed by atoms with Crippen LogP contribution in [0.5, 0.6) is 11.5 Å². The van der Waals surface area contributed by atoms with Gasteiger partial charge < -0.3 is 9.84 Å². The molecular weight excluding hydrogens is 368 g/mol. The van der Waals surface area contributed by atoms with Crippen LogP contribution in [0.3, 0.4) is 0 Å². The molecule has 0 aliphatic carbocycles. The van der Waals surface area contributed by atoms with Gasteiger partial charge in [0.05, 0.1) is 6.10 Å². The first-order valence-electron chi connectivity index (χ1n) is 12.9. The van der Waals surface area contributed by atoms with E-state index in [0.29, 0.717) is 11.9 Å². The third-order valence-corrected chi connectivity index (χ3v) is 6.65. The Bertz CT molecular complexity index is 603. The highest BCUT2D eigenvalue weighted by Gasteiger charge is 2.25. The van der Waals surface area contributed by atoms with Gasteiger partial charge in [-0.25, -0.2) is 0 Å². The summed E-state index contributed by atoms with van der Waals surface area (Å²) in [4.78, 5) is 0. The second-order valence-electron chi connectivity index (χ2n) is 9.46. The minimum Gasteiger partial charge on any atom is -0.507 e. The average Bonchev–Trinajstić information content (AvgIpc) is 2.75. The number of benzene rings is 1. The minimum atomic E-state index is 0.357. The van der Waals surface area contributed by atoms with E-state index < -0.39 is 0 Å². The van der Waals surface area contributed by atoms with Crippen LogP contribution in [-0.2, 0) is 6.42 Å². The van der Waals surface area contributed by atoms with Crippen LogP contribution >= 0.6 is 0 Å². The fraction of sp³-hybridized carbons (Fsp3) is 0.786. The van der Waals surface area contributed by atoms with Gasteiger partial charge in [0.25, 0.3) is 0 Å². The van der Waals surface area contributed by atoms with Gasteiger partial charge >= 0.3 is 0 Å². The van der Waals surface area contributed by atoms with Crippen LogP contribution in [0.2, 0.25) is 0 Å². The number of phenolic OH excluding ortho intramolecular Hbond substituents is 1. The first-order valence-corrected chi connectivity index (χ1v) is 12.9. The van der Waals surface area contributed by atoms with Gasteiger partial charge in [-0.05, 0) is 69.1 Å². The summed E-state index contributed by atoms with van der Waals surface area (Å²) in [6.07, 6.45) is 17.6. The standard InChI is InChI=1S/C26H44O2.C2H6/c1-19(2)15-13-11-9-7-6-8-10-12-14-16-23-17-18-24-22(5)25(27)20(3)21(4)26(24)28-23;1-2/h19,23,27H,6-18H2,1-5H3;1-2H3/t23-;/m1./s1. The van der Waals surface area contributed by atoms with Gasteiger partial charge in [-0.3, -0.25) is 0 Å². The lowest BCUT2D eigenvalue weighted by Gasteiger charge is -2.30. The summed E-state index contributed by atoms with van der Waals surface area (Å²) in [5.41, 5.74) is 4.34. The normalized spacial score (nSPS) is 15.4. The zero-order valence-corrected chi connectivity index (χ0v) is 21.2. The van der Waals surface area contributed by atoms with Crippen LogP contribution in [0.15, 0.2) is 0 Å². The summed E-state index contributed by atoms with van der Waals surface area (Å²) < 4.78 is 6.37. The molecule has 2 heteroatoms. The number of hydrogen-bond donors (Lipinski definition) is 1. The maximum Gasteiger partial charge on any atom is 0.126 e. The highest BCUT2D eigenvalue weighted by atomic mass is 16.5. The lowest BCUT2D eigenvalue weighted by Crippen LogP contribution is -2.24. The number of ether oxygens (including phenoxy) is 1. The van der Waals surface area contributed by atoms with Crippen molar-refractivity contribution in [2.75, 3.05) is 0 Å². The minimum absolute atomic E-state index is 0.357. The number of fused-ring (bicyclic) bond motifs is 1. The molecule has 0 unspecified atom stereocenters. The number of rotatable bonds is 12. The van der Waals surface area contributed by atoms with E-state index in [1.807, 2.05) is 27.7 Å². The third kappa shape index (κ3) is 8.52. The maximum atomic E-state index is 10.3. The lowest BCUT2D eigenvalue weighted by atomic mass is 9.90. The first kappa shape index (κ1) is 26.9. The van der Waals surface area contributed by atoms with Crippen LogP contribution in [0, 0.1) is 26.7 Å². The number of hydrogen-bond acceptors (Lipinski definition) is 2. The van der Waals surface area contributed by atoms with Crippen molar-refractivity contribution in [1.82, 2.24) is 0 Å². The van der Waals surface area contributed by atoms with Gasteiger partial charge in [0, 0.05) is 5.56 Å². The summed E-state index contributed by atoms with van der Waals surface area (Å²) in [5.74, 6) is 2.38. The van der Waals surface area contributed by atoms with Gasteiger partial charge in [0.15, 0.2) is 0 Å². The van der Waals surface area contributed by atoms with E-state index in [9.17, 15) is 5.11 Å². The monoisotopic (exact) mass is 418 g/mol. The summed E-state index contributed by atoms with van der Waals surface area (Å²) in [6, 6.07) is 0. The molecule has 1 atom stereocenters. The van der Waals surface area contributed by atoms with Crippen LogP contribution in [0.1, 0.15) is 127 Å². The molecule has 1 N–H and O–H groups in total. The van der Waals surface area contributed by atoms with E-state index >= 15 is 0 Å². The van der Waals surface area contributed by atoms with Crippen molar-refractivity contribution in [2.24, 2.45) is 5.92 Å². The Balaban J connectivity index is 0.00000218. The first-order chi connectivity index (χ1) is 14.4. The summed E-state index contributed by atoms with van der Waals surface area (Å²) in [6.45, 7) is 14.7. The molecule has 1 aliphatic heterocycles. The molecule has 1 aromatic rings. The van der Waals surface area contributed by atoms with E-state index in [1.54, 1.807) is 0 Å². The van der Waals surface area contributed by atoms with Crippen LogP contribution in [0.4, 0.5) is 0 Å². The fourth-order valence-corrected chi connectivity index (χ4v) is 4.53. The highest BCUT2D eigenvalue weighted by molar-refractivity contribution is 5.58. The smallest absolute Gasteiger partial charge is 0.126 e. The van der Waals surface area contributed by atoms with E-state index in [1.165, 1.54) is 76.2 Å². The summed E-state index contributed by atoms with van der Waals surface area (Å²) >= 11 is 0. The van der Waals surface area contributed by atoms with Gasteiger partial charge in [-0.2, -0.15) is 0 Å². The fourth-order valence-electron chi connectivity index (χ4n) is 4.53. The number of unbranched alkanes of at least 4 members (excludes halogenated alkanes) is 8. The molecule has 0 saturated carbocycles. The zero-order valence-electron chi connectivity index (χ0n) is 21.2. The Morgan fingerprint density at radius 1 is 0.800 bits per heavy atom. The van der Waals surface area contributed by atoms with E-state index in [4.69, 9.17) is 4.74 Å². The predicted molar refractivity (Wildman–Crippen MR) is 132 cm³/mol. The van der Waals surface area contributed by atoms with Crippen molar-refractivity contribution < 1.29 is 9.84 Å². The van der Waals surface area contributed by atoms with Crippen LogP contribution < -0.4 is 4.74 Å². The molecule has 2 nitrogen and oxygen atoms in total. The molecule has 2 rings (SSSR count). The van der Waals surface area contributed by atoms with Crippen molar-refractivity contribution in [3.05, 3.63) is 22.3 Å². The SMILES string of the molecule is CC.Cc1c(C)c2c(c(C)c1O)CC[C@@H](CCCCCCCCCCCC(C)C)O2. The topological polar surface area (TPSA) is 29.5 Å². The second-order valence-corrected chi connectivity index (χ2v) is 9.46. The average molecular weight is 419 g/mol. The van der Waals surface area contributed by atoms with E-state index in [-0.39, 0.29) is 0 Å². The number of phenols is 1. The molecule has 0 fully saturated rings. The van der Waals surface area contributed by atoms with Crippen molar-refractivity contribution in [3.8, 4) is 11.5 Å². The molecule has 0 saturated heterocycles. The molecule has 1 aliphatic rings. The lowest BCUT2D eigenvalue weighted by molar-refractivity contribution is 0.158. The van der Waals surface area contributed by atoms with Crippen molar-refractivity contribution >= 4 is 0 Å². The Hall–Kier alpha value is -1.18. The molecule has 1 aromatic carbocycles. The van der Waals surface area contributed by atoms with Crippen LogP contribution in [-0.4, -0.2) is 11.2 Å². The van der Waals surface area contributed by atoms with Crippen molar-refractivity contribution in [2.45, 2.75) is 138 Å². The molecule has 30 heavy (non-hydrogen) atoms. The Morgan fingerprint density at radius 2 is 1.33 bits per heavy atom. The second kappa shape index (κ2) is 14.8. The highest BCUT2D eigenvalue weighted by Crippen LogP contribution is 2.41. The van der Waals surface area contributed by atoms with Gasteiger partial charge in [-0.15, -0.1) is 0 Å². The number of aromatic hydroxyl groups is 1. The van der Waals surface area contributed by atoms with Gasteiger partial charge in [0.1, 0.15) is 11.5 Å². The zero-order chi connectivity index (χ0) is 22.5. The summed E-state index contributed by atoms with van der Waals surface area (Å²) in [5, 5.41) is 10.3. The molecule has 0 amide bonds. The molecule has 174 valence electrons. The Kier molecular flexibility index (Phi) is 13.2. The molecular formula is C28H50O2. The quantitative estimate of drug-likeness (QED) is 0.343. The van der Waals surface area contributed by atoms with Crippen molar-refractivity contribution in [3.63, 3.8) is 0 Å². The molecule has 0 bridgehead atoms. The summed E-state index contributed by atoms with van der Waals surface area (Å²) in [7, 11) is 0. The van der Waals surface area contributed by atoms with E-state index in [2.05, 4.69) is 20.8 Å². The molecule has 0 aromatic heterocycles. The predicted octanol–water partition coefficient (Wildman–Crippen LogP) is 8.98. The molecule has 1 heterocycles. The maximum absolute atomic E-state index is 10.3.